The van der Waals surface area contributed by atoms with Crippen LogP contribution in [-0.4, -0.2) is 31.7 Å². The molecule has 8 heteroatoms. The molecule has 158 valence electrons. The summed E-state index contributed by atoms with van der Waals surface area (Å²) in [6, 6.07) is 4.69. The summed E-state index contributed by atoms with van der Waals surface area (Å²) < 4.78 is 28.2. The van der Waals surface area contributed by atoms with Crippen molar-refractivity contribution in [2.45, 2.75) is 63.9 Å². The van der Waals surface area contributed by atoms with Crippen molar-refractivity contribution in [3.8, 4) is 22.6 Å². The van der Waals surface area contributed by atoms with Crippen molar-refractivity contribution < 1.29 is 18.8 Å². The molecular weight excluding hydrogens is 409 g/mol. The topological polar surface area (TPSA) is 73.3 Å². The molecule has 0 bridgehead atoms. The lowest BCUT2D eigenvalue weighted by molar-refractivity contribution is -0.0548. The average molecular weight is 432 g/mol. The third-order valence-corrected chi connectivity index (χ3v) is 6.28. The normalized spacial score (nSPS) is 23.6. The molecule has 0 aliphatic heterocycles. The lowest BCUT2D eigenvalue weighted by Gasteiger charge is -2.41. The van der Waals surface area contributed by atoms with E-state index < -0.39 is 11.4 Å². The van der Waals surface area contributed by atoms with Crippen LogP contribution in [0.5, 0.6) is 0 Å². The minimum atomic E-state index is -0.645. The number of nitrogens with zero attached hydrogens (tertiary/aromatic N) is 3. The Kier molecular flexibility index (Phi) is 4.72. The molecule has 2 saturated carbocycles. The van der Waals surface area contributed by atoms with Gasteiger partial charge in [0.05, 0.1) is 52.3 Å². The van der Waals surface area contributed by atoms with Gasteiger partial charge in [0.25, 0.3) is 0 Å². The SMILES string of the molecule is Cc1c(-c2onc(-c3c(F)cccc3Cl)c2COC2CC2)cnn1C1CC(C)(O)C1. The number of aromatic nitrogens is 3. The molecule has 0 spiro atoms. The Balaban J connectivity index is 1.56. The molecule has 0 amide bonds. The minimum absolute atomic E-state index is 0.142. The van der Waals surface area contributed by atoms with Crippen LogP contribution in [0.25, 0.3) is 22.6 Å². The van der Waals surface area contributed by atoms with Gasteiger partial charge in [-0.05, 0) is 51.7 Å². The van der Waals surface area contributed by atoms with Gasteiger partial charge in [-0.25, -0.2) is 4.39 Å². The first-order valence-electron chi connectivity index (χ1n) is 10.2. The number of ether oxygens (including phenoxy) is 1. The number of aliphatic hydroxyl groups is 1. The monoisotopic (exact) mass is 431 g/mol. The van der Waals surface area contributed by atoms with Gasteiger partial charge in [-0.3, -0.25) is 4.68 Å². The van der Waals surface area contributed by atoms with Crippen molar-refractivity contribution in [3.63, 3.8) is 0 Å². The highest BCUT2D eigenvalue weighted by Crippen LogP contribution is 2.44. The van der Waals surface area contributed by atoms with Crippen molar-refractivity contribution in [3.05, 3.63) is 46.5 Å². The van der Waals surface area contributed by atoms with Gasteiger partial charge < -0.3 is 14.4 Å². The van der Waals surface area contributed by atoms with E-state index in [-0.39, 0.29) is 29.3 Å². The van der Waals surface area contributed by atoms with Crippen LogP contribution in [0.15, 0.2) is 28.9 Å². The van der Waals surface area contributed by atoms with Gasteiger partial charge in [-0.15, -0.1) is 0 Å². The third kappa shape index (κ3) is 3.45. The molecule has 1 N–H and O–H groups in total. The molecule has 2 aliphatic carbocycles. The Morgan fingerprint density at radius 3 is 2.80 bits per heavy atom. The van der Waals surface area contributed by atoms with E-state index in [0.717, 1.165) is 24.1 Å². The molecule has 2 aromatic heterocycles. The van der Waals surface area contributed by atoms with Gasteiger partial charge in [-0.2, -0.15) is 5.10 Å². The van der Waals surface area contributed by atoms with Gasteiger partial charge in [0.2, 0.25) is 0 Å². The van der Waals surface area contributed by atoms with E-state index in [1.54, 1.807) is 18.3 Å². The van der Waals surface area contributed by atoms with Crippen LogP contribution < -0.4 is 0 Å². The fourth-order valence-corrected chi connectivity index (χ4v) is 4.41. The number of benzene rings is 1. The molecule has 30 heavy (non-hydrogen) atoms. The summed E-state index contributed by atoms with van der Waals surface area (Å²) in [4.78, 5) is 0. The molecule has 6 nitrogen and oxygen atoms in total. The van der Waals surface area contributed by atoms with Crippen molar-refractivity contribution in [1.29, 1.82) is 0 Å². The van der Waals surface area contributed by atoms with Crippen LogP contribution in [-0.2, 0) is 11.3 Å². The second kappa shape index (κ2) is 7.18. The highest BCUT2D eigenvalue weighted by Gasteiger charge is 2.41. The summed E-state index contributed by atoms with van der Waals surface area (Å²) in [5.41, 5.74) is 2.27. The summed E-state index contributed by atoms with van der Waals surface area (Å²) in [5.74, 6) is 0.0546. The number of halogens is 2. The Bertz CT molecular complexity index is 1070. The smallest absolute Gasteiger partial charge is 0.176 e. The minimum Gasteiger partial charge on any atom is -0.390 e. The van der Waals surface area contributed by atoms with Gasteiger partial charge in [0.15, 0.2) is 5.76 Å². The predicted molar refractivity (Wildman–Crippen MR) is 110 cm³/mol. The Labute approximate surface area is 178 Å². The fourth-order valence-electron chi connectivity index (χ4n) is 4.15. The van der Waals surface area contributed by atoms with Crippen molar-refractivity contribution >= 4 is 11.6 Å². The lowest BCUT2D eigenvalue weighted by atomic mass is 9.77. The molecule has 1 aromatic carbocycles. The fraction of sp³-hybridized carbons (Fsp3) is 0.455. The summed E-state index contributed by atoms with van der Waals surface area (Å²) in [6.45, 7) is 4.04. The summed E-state index contributed by atoms with van der Waals surface area (Å²) in [6.07, 6.45) is 5.30. The molecule has 2 fully saturated rings. The van der Waals surface area contributed by atoms with E-state index in [1.165, 1.54) is 6.07 Å². The van der Waals surface area contributed by atoms with Gasteiger partial charge in [0.1, 0.15) is 11.5 Å². The molecule has 0 saturated heterocycles. The molecule has 2 heterocycles. The van der Waals surface area contributed by atoms with Crippen LogP contribution in [0.3, 0.4) is 0 Å². The first-order valence-corrected chi connectivity index (χ1v) is 10.5. The standard InChI is InChI=1S/C22H23ClFN3O3/c1-12-15(10-25-27(12)13-8-22(2,28)9-13)21-16(11-29-14-6-7-14)20(26-30-21)19-17(23)4-3-5-18(19)24/h3-5,10,13-14,28H,6-9,11H2,1-2H3. The van der Waals surface area contributed by atoms with Crippen molar-refractivity contribution in [2.24, 2.45) is 0 Å². The van der Waals surface area contributed by atoms with E-state index in [2.05, 4.69) is 10.3 Å². The highest BCUT2D eigenvalue weighted by atomic mass is 35.5. The predicted octanol–water partition coefficient (Wildman–Crippen LogP) is 5.07. The zero-order chi connectivity index (χ0) is 21.0. The number of hydrogen-bond acceptors (Lipinski definition) is 5. The van der Waals surface area contributed by atoms with Crippen LogP contribution in [0.4, 0.5) is 4.39 Å². The second-order valence-electron chi connectivity index (χ2n) is 8.59. The maximum absolute atomic E-state index is 14.6. The maximum atomic E-state index is 14.6. The Morgan fingerprint density at radius 1 is 1.37 bits per heavy atom. The summed E-state index contributed by atoms with van der Waals surface area (Å²) >= 11 is 6.29. The first-order chi connectivity index (χ1) is 14.3. The second-order valence-corrected chi connectivity index (χ2v) is 9.00. The van der Waals surface area contributed by atoms with Gasteiger partial charge in [0, 0.05) is 5.69 Å². The first kappa shape index (κ1) is 19.7. The van der Waals surface area contributed by atoms with E-state index >= 15 is 0 Å². The number of rotatable bonds is 6. The molecule has 0 radical (unpaired) electrons. The Hall–Kier alpha value is -2.22. The average Bonchev–Trinajstić information content (AvgIpc) is 3.30. The molecule has 0 atom stereocenters. The summed E-state index contributed by atoms with van der Waals surface area (Å²) in [5, 5.41) is 19.0. The van der Waals surface area contributed by atoms with Gasteiger partial charge >= 0.3 is 0 Å². The lowest BCUT2D eigenvalue weighted by Crippen LogP contribution is -2.42. The molecule has 3 aromatic rings. The van der Waals surface area contributed by atoms with Crippen molar-refractivity contribution in [1.82, 2.24) is 14.9 Å². The molecule has 5 rings (SSSR count). The van der Waals surface area contributed by atoms with Gasteiger partial charge in [-0.1, -0.05) is 22.8 Å². The van der Waals surface area contributed by atoms with E-state index in [4.69, 9.17) is 20.9 Å². The van der Waals surface area contributed by atoms with Crippen LogP contribution in [0.2, 0.25) is 5.02 Å². The van der Waals surface area contributed by atoms with Crippen LogP contribution >= 0.6 is 11.6 Å². The quantitative estimate of drug-likeness (QED) is 0.589. The Morgan fingerprint density at radius 2 is 2.13 bits per heavy atom. The van der Waals surface area contributed by atoms with E-state index in [9.17, 15) is 9.50 Å². The van der Waals surface area contributed by atoms with Crippen LogP contribution in [0, 0.1) is 12.7 Å². The molecule has 0 unspecified atom stereocenters. The summed E-state index contributed by atoms with van der Waals surface area (Å²) in [7, 11) is 0. The highest BCUT2D eigenvalue weighted by molar-refractivity contribution is 6.33. The largest absolute Gasteiger partial charge is 0.390 e. The molecular formula is C22H23ClFN3O3. The van der Waals surface area contributed by atoms with E-state index in [1.807, 2.05) is 18.5 Å². The van der Waals surface area contributed by atoms with E-state index in [0.29, 0.717) is 29.9 Å². The van der Waals surface area contributed by atoms with Crippen LogP contribution in [0.1, 0.15) is 49.9 Å². The zero-order valence-corrected chi connectivity index (χ0v) is 17.6. The molecule has 2 aliphatic rings. The maximum Gasteiger partial charge on any atom is 0.176 e. The third-order valence-electron chi connectivity index (χ3n) is 5.96. The zero-order valence-electron chi connectivity index (χ0n) is 16.9. The number of hydrogen-bond donors (Lipinski definition) is 1. The van der Waals surface area contributed by atoms with Crippen molar-refractivity contribution in [2.75, 3.05) is 0 Å².